The van der Waals surface area contributed by atoms with Crippen LogP contribution in [0.3, 0.4) is 0 Å². The molecule has 0 radical (unpaired) electrons. The molecule has 3 N–H and O–H groups in total. The van der Waals surface area contributed by atoms with Crippen molar-refractivity contribution in [2.75, 3.05) is 12.3 Å². The molecule has 2 atom stereocenters. The quantitative estimate of drug-likeness (QED) is 0.811. The maximum absolute atomic E-state index is 12.4. The van der Waals surface area contributed by atoms with Gasteiger partial charge in [-0.3, -0.25) is 4.79 Å². The van der Waals surface area contributed by atoms with E-state index in [4.69, 9.17) is 5.73 Å². The average molecular weight is 387 g/mol. The van der Waals surface area contributed by atoms with E-state index in [-0.39, 0.29) is 42.6 Å². The zero-order valence-corrected chi connectivity index (χ0v) is 15.9. The Morgan fingerprint density at radius 1 is 1.12 bits per heavy atom. The lowest BCUT2D eigenvalue weighted by Crippen LogP contribution is -2.49. The number of rotatable bonds is 5. The summed E-state index contributed by atoms with van der Waals surface area (Å²) in [6, 6.07) is 8.60. The van der Waals surface area contributed by atoms with Crippen molar-refractivity contribution in [3.63, 3.8) is 0 Å². The van der Waals surface area contributed by atoms with Gasteiger partial charge >= 0.3 is 0 Å². The largest absolute Gasteiger partial charge is 0.355 e. The predicted octanol–water partition coefficient (Wildman–Crippen LogP) is 2.15. The number of sulfone groups is 1. The van der Waals surface area contributed by atoms with Crippen LogP contribution in [0.1, 0.15) is 32.1 Å². The van der Waals surface area contributed by atoms with Crippen LogP contribution in [0.2, 0.25) is 0 Å². The maximum Gasteiger partial charge on any atom is 0.223 e. The fourth-order valence-corrected chi connectivity index (χ4v) is 5.38. The summed E-state index contributed by atoms with van der Waals surface area (Å²) in [6.45, 7) is 0.161. The predicted molar refractivity (Wildman–Crippen MR) is 100 cm³/mol. The number of fused-ring (bicyclic) bond motifs is 2. The van der Waals surface area contributed by atoms with Crippen LogP contribution in [0.15, 0.2) is 35.2 Å². The summed E-state index contributed by atoms with van der Waals surface area (Å²) in [5.41, 5.74) is 6.26. The highest BCUT2D eigenvalue weighted by atomic mass is 35.5. The topological polar surface area (TPSA) is 89.3 Å². The number of nitrogens with two attached hydrogens (primary N) is 1. The normalized spacial score (nSPS) is 28.7. The average Bonchev–Trinajstić information content (AvgIpc) is 2.55. The Kier molecular flexibility index (Phi) is 6.88. The van der Waals surface area contributed by atoms with Gasteiger partial charge in [0.25, 0.3) is 0 Å². The number of hydrogen-bond donors (Lipinski definition) is 2. The molecule has 2 fully saturated rings. The molecule has 3 rings (SSSR count). The molecular weight excluding hydrogens is 360 g/mol. The highest BCUT2D eigenvalue weighted by molar-refractivity contribution is 7.91. The first kappa shape index (κ1) is 20.2. The van der Waals surface area contributed by atoms with Gasteiger partial charge in [0, 0.05) is 18.5 Å². The molecule has 2 saturated carbocycles. The first-order valence-electron chi connectivity index (χ1n) is 8.78. The van der Waals surface area contributed by atoms with Gasteiger partial charge in [-0.2, -0.15) is 0 Å². The van der Waals surface area contributed by atoms with Gasteiger partial charge in [-0.25, -0.2) is 8.42 Å². The lowest BCUT2D eigenvalue weighted by molar-refractivity contribution is -0.127. The highest BCUT2D eigenvalue weighted by Gasteiger charge is 2.40. The molecule has 0 aliphatic heterocycles. The first-order valence-corrected chi connectivity index (χ1v) is 10.4. The van der Waals surface area contributed by atoms with Gasteiger partial charge in [-0.1, -0.05) is 24.6 Å². The number of benzene rings is 1. The molecule has 140 valence electrons. The standard InChI is InChI=1S/C18H26N2O3S.ClH/c19-17-13-5-4-6-14(17)12-15(11-13)18(21)20-9-10-24(22,23)16-7-2-1-3-8-16;/h1-3,7-8,13-15,17H,4-6,9-12,19H2,(H,20,21);1H. The van der Waals surface area contributed by atoms with E-state index in [0.29, 0.717) is 16.7 Å². The molecule has 1 aromatic rings. The Hall–Kier alpha value is -1.11. The van der Waals surface area contributed by atoms with E-state index in [1.807, 2.05) is 0 Å². The van der Waals surface area contributed by atoms with Crippen LogP contribution in [0.5, 0.6) is 0 Å². The smallest absolute Gasteiger partial charge is 0.223 e. The Morgan fingerprint density at radius 3 is 2.32 bits per heavy atom. The molecule has 5 nitrogen and oxygen atoms in total. The molecule has 0 spiro atoms. The molecule has 2 aliphatic carbocycles. The van der Waals surface area contributed by atoms with Gasteiger partial charge in [-0.15, -0.1) is 12.4 Å². The number of carbonyl (C=O) groups is 1. The van der Waals surface area contributed by atoms with E-state index in [0.717, 1.165) is 25.7 Å². The van der Waals surface area contributed by atoms with Gasteiger partial charge in [0.15, 0.2) is 9.84 Å². The SMILES string of the molecule is Cl.NC1C2CCCC1CC(C(=O)NCCS(=O)(=O)c1ccccc1)C2. The van der Waals surface area contributed by atoms with E-state index in [1.54, 1.807) is 30.3 Å². The zero-order valence-electron chi connectivity index (χ0n) is 14.3. The van der Waals surface area contributed by atoms with Gasteiger partial charge < -0.3 is 11.1 Å². The molecule has 1 amide bonds. The van der Waals surface area contributed by atoms with Crippen LogP contribution >= 0.6 is 12.4 Å². The van der Waals surface area contributed by atoms with Crippen molar-refractivity contribution in [3.8, 4) is 0 Å². The minimum atomic E-state index is -3.35. The minimum Gasteiger partial charge on any atom is -0.355 e. The summed E-state index contributed by atoms with van der Waals surface area (Å²) in [7, 11) is -3.35. The number of amides is 1. The number of halogens is 1. The second kappa shape index (κ2) is 8.52. The molecule has 7 heteroatoms. The molecule has 2 unspecified atom stereocenters. The van der Waals surface area contributed by atoms with Crippen LogP contribution in [-0.4, -0.2) is 32.7 Å². The first-order chi connectivity index (χ1) is 11.5. The third-order valence-corrected chi connectivity index (χ3v) is 7.29. The highest BCUT2D eigenvalue weighted by Crippen LogP contribution is 2.41. The monoisotopic (exact) mass is 386 g/mol. The molecular formula is C18H27ClN2O3S. The Morgan fingerprint density at radius 2 is 1.72 bits per heavy atom. The third kappa shape index (κ3) is 4.74. The summed E-state index contributed by atoms with van der Waals surface area (Å²) in [4.78, 5) is 12.7. The van der Waals surface area contributed by atoms with Crippen molar-refractivity contribution < 1.29 is 13.2 Å². The summed E-state index contributed by atoms with van der Waals surface area (Å²) in [5, 5.41) is 2.82. The molecule has 1 aromatic carbocycles. The Labute approximate surface area is 156 Å². The van der Waals surface area contributed by atoms with Crippen LogP contribution in [0.4, 0.5) is 0 Å². The van der Waals surface area contributed by atoms with Crippen LogP contribution in [-0.2, 0) is 14.6 Å². The van der Waals surface area contributed by atoms with Gasteiger partial charge in [-0.05, 0) is 49.7 Å². The second-order valence-electron chi connectivity index (χ2n) is 7.12. The molecule has 25 heavy (non-hydrogen) atoms. The van der Waals surface area contributed by atoms with E-state index >= 15 is 0 Å². The second-order valence-corrected chi connectivity index (χ2v) is 9.23. The zero-order chi connectivity index (χ0) is 17.2. The Balaban J connectivity index is 0.00000225. The summed E-state index contributed by atoms with van der Waals surface area (Å²) in [5.74, 6) is 0.797. The lowest BCUT2D eigenvalue weighted by atomic mass is 9.65. The Bertz CT molecular complexity index is 667. The fraction of sp³-hybridized carbons (Fsp3) is 0.611. The van der Waals surface area contributed by atoms with Gasteiger partial charge in [0.2, 0.25) is 5.91 Å². The van der Waals surface area contributed by atoms with E-state index in [9.17, 15) is 13.2 Å². The number of hydrogen-bond acceptors (Lipinski definition) is 4. The molecule has 0 heterocycles. The van der Waals surface area contributed by atoms with Crippen molar-refractivity contribution in [1.29, 1.82) is 0 Å². The van der Waals surface area contributed by atoms with E-state index in [1.165, 1.54) is 6.42 Å². The van der Waals surface area contributed by atoms with Gasteiger partial charge in [0.05, 0.1) is 10.6 Å². The third-order valence-electron chi connectivity index (χ3n) is 5.56. The van der Waals surface area contributed by atoms with Crippen molar-refractivity contribution >= 4 is 28.2 Å². The number of nitrogens with one attached hydrogen (secondary N) is 1. The van der Waals surface area contributed by atoms with E-state index in [2.05, 4.69) is 5.32 Å². The van der Waals surface area contributed by atoms with Crippen LogP contribution in [0, 0.1) is 17.8 Å². The summed E-state index contributed by atoms with van der Waals surface area (Å²) in [6.07, 6.45) is 5.13. The molecule has 2 bridgehead atoms. The van der Waals surface area contributed by atoms with Crippen molar-refractivity contribution in [2.24, 2.45) is 23.5 Å². The molecule has 0 aromatic heterocycles. The number of carbonyl (C=O) groups excluding carboxylic acids is 1. The maximum atomic E-state index is 12.4. The fourth-order valence-electron chi connectivity index (χ4n) is 4.20. The van der Waals surface area contributed by atoms with Crippen LogP contribution in [0.25, 0.3) is 0 Å². The van der Waals surface area contributed by atoms with Crippen molar-refractivity contribution in [1.82, 2.24) is 5.32 Å². The minimum absolute atomic E-state index is 0. The molecule has 2 aliphatic rings. The summed E-state index contributed by atoms with van der Waals surface area (Å²) < 4.78 is 24.4. The van der Waals surface area contributed by atoms with Crippen molar-refractivity contribution in [3.05, 3.63) is 30.3 Å². The lowest BCUT2D eigenvalue weighted by Gasteiger charge is -2.43. The van der Waals surface area contributed by atoms with E-state index < -0.39 is 9.84 Å². The van der Waals surface area contributed by atoms with Crippen LogP contribution < -0.4 is 11.1 Å². The summed E-state index contributed by atoms with van der Waals surface area (Å²) >= 11 is 0. The molecule has 0 saturated heterocycles. The van der Waals surface area contributed by atoms with Gasteiger partial charge in [0.1, 0.15) is 0 Å². The van der Waals surface area contributed by atoms with Crippen molar-refractivity contribution in [2.45, 2.75) is 43.0 Å².